The first-order valence-electron chi connectivity index (χ1n) is 3.65. The van der Waals surface area contributed by atoms with E-state index in [1.54, 1.807) is 30.5 Å². The summed E-state index contributed by atoms with van der Waals surface area (Å²) in [5, 5.41) is 19.9. The van der Waals surface area contributed by atoms with Crippen molar-refractivity contribution >= 4 is 17.3 Å². The van der Waals surface area contributed by atoms with E-state index in [0.29, 0.717) is 10.8 Å². The summed E-state index contributed by atoms with van der Waals surface area (Å²) in [4.78, 5) is 3.82. The molecule has 0 aliphatic heterocycles. The van der Waals surface area contributed by atoms with Crippen molar-refractivity contribution in [1.82, 2.24) is 4.98 Å². The molecule has 0 unspecified atom stereocenters. The molecule has 0 radical (unpaired) electrons. The molecule has 0 aliphatic rings. The largest absolute Gasteiger partial charge is 0.357 e. The summed E-state index contributed by atoms with van der Waals surface area (Å²) in [7, 11) is 0. The molecule has 1 N–H and O–H groups in total. The van der Waals surface area contributed by atoms with Gasteiger partial charge in [-0.3, -0.25) is 0 Å². The Kier molecular flexibility index (Phi) is 3.49. The third-order valence-electron chi connectivity index (χ3n) is 1.37. The third-order valence-corrected chi connectivity index (χ3v) is 1.67. The topological polar surface area (TPSA) is 72.5 Å². The molecule has 0 fully saturated rings. The second-order valence-electron chi connectivity index (χ2n) is 2.27. The Balaban J connectivity index is 2.83. The highest BCUT2D eigenvalue weighted by Gasteiger charge is 1.97. The minimum Gasteiger partial charge on any atom is -0.357 e. The van der Waals surface area contributed by atoms with Gasteiger partial charge in [-0.2, -0.15) is 10.5 Å². The number of nitrogens with zero attached hydrogens (tertiary/aromatic N) is 3. The van der Waals surface area contributed by atoms with Crippen molar-refractivity contribution in [1.29, 1.82) is 10.5 Å². The molecule has 5 heteroatoms. The number of nitrogens with one attached hydrogen (secondary N) is 1. The summed E-state index contributed by atoms with van der Waals surface area (Å²) in [6.45, 7) is 0. The lowest BCUT2D eigenvalue weighted by Gasteiger charge is -2.00. The number of pyridine rings is 1. The fourth-order valence-corrected chi connectivity index (χ4v) is 0.907. The van der Waals surface area contributed by atoms with Gasteiger partial charge in [0.2, 0.25) is 0 Å². The number of allylic oxidation sites excluding steroid dienone is 1. The standard InChI is InChI=1S/C9H5ClN4/c10-9-8(2-1-3-13-9)14-6-7(4-11)5-12/h1-3,6,14H. The van der Waals surface area contributed by atoms with Crippen molar-refractivity contribution in [3.05, 3.63) is 35.3 Å². The van der Waals surface area contributed by atoms with Crippen LogP contribution in [-0.2, 0) is 0 Å². The lowest BCUT2D eigenvalue weighted by molar-refractivity contribution is 1.32. The van der Waals surface area contributed by atoms with E-state index in [-0.39, 0.29) is 5.57 Å². The van der Waals surface area contributed by atoms with Crippen LogP contribution in [0.3, 0.4) is 0 Å². The number of nitriles is 2. The number of hydrogen-bond acceptors (Lipinski definition) is 4. The van der Waals surface area contributed by atoms with E-state index in [0.717, 1.165) is 0 Å². The molecule has 0 bridgehead atoms. The summed E-state index contributed by atoms with van der Waals surface area (Å²) in [6, 6.07) is 6.82. The highest BCUT2D eigenvalue weighted by Crippen LogP contribution is 2.17. The van der Waals surface area contributed by atoms with Crippen LogP contribution in [0.1, 0.15) is 0 Å². The summed E-state index contributed by atoms with van der Waals surface area (Å²) in [5.74, 6) is 0. The van der Waals surface area contributed by atoms with Gasteiger partial charge in [-0.05, 0) is 12.1 Å². The predicted octanol–water partition coefficient (Wildman–Crippen LogP) is 2.08. The van der Waals surface area contributed by atoms with E-state index in [9.17, 15) is 0 Å². The van der Waals surface area contributed by atoms with Crippen LogP contribution in [0.4, 0.5) is 5.69 Å². The van der Waals surface area contributed by atoms with Crippen LogP contribution in [0.15, 0.2) is 30.1 Å². The maximum Gasteiger partial charge on any atom is 0.152 e. The summed E-state index contributed by atoms with van der Waals surface area (Å²) < 4.78 is 0. The monoisotopic (exact) mass is 204 g/mol. The Morgan fingerprint density at radius 1 is 1.50 bits per heavy atom. The van der Waals surface area contributed by atoms with Gasteiger partial charge in [0.15, 0.2) is 5.15 Å². The Morgan fingerprint density at radius 2 is 2.21 bits per heavy atom. The van der Waals surface area contributed by atoms with E-state index in [1.165, 1.54) is 6.20 Å². The number of halogens is 1. The van der Waals surface area contributed by atoms with Gasteiger partial charge in [0, 0.05) is 12.4 Å². The highest BCUT2D eigenvalue weighted by molar-refractivity contribution is 6.31. The van der Waals surface area contributed by atoms with E-state index >= 15 is 0 Å². The van der Waals surface area contributed by atoms with Crippen LogP contribution < -0.4 is 5.32 Å². The molecule has 0 atom stereocenters. The number of aromatic nitrogens is 1. The molecule has 1 aromatic rings. The third kappa shape index (κ3) is 2.48. The van der Waals surface area contributed by atoms with Gasteiger partial charge in [0.25, 0.3) is 0 Å². The SMILES string of the molecule is N#CC(C#N)=CNc1cccnc1Cl. The van der Waals surface area contributed by atoms with E-state index in [4.69, 9.17) is 22.1 Å². The van der Waals surface area contributed by atoms with Gasteiger partial charge in [-0.15, -0.1) is 0 Å². The van der Waals surface area contributed by atoms with Crippen molar-refractivity contribution in [2.75, 3.05) is 5.32 Å². The molecular formula is C9H5ClN4. The summed E-state index contributed by atoms with van der Waals surface area (Å²) in [6.07, 6.45) is 2.83. The van der Waals surface area contributed by atoms with E-state index in [2.05, 4.69) is 10.3 Å². The van der Waals surface area contributed by atoms with E-state index < -0.39 is 0 Å². The van der Waals surface area contributed by atoms with Crippen LogP contribution in [0.5, 0.6) is 0 Å². The van der Waals surface area contributed by atoms with E-state index in [1.807, 2.05) is 0 Å². The molecule has 0 saturated carbocycles. The summed E-state index contributed by atoms with van der Waals surface area (Å²) >= 11 is 5.73. The van der Waals surface area contributed by atoms with Gasteiger partial charge in [0.1, 0.15) is 17.7 Å². The lowest BCUT2D eigenvalue weighted by atomic mass is 10.3. The average molecular weight is 205 g/mol. The number of hydrogen-bond donors (Lipinski definition) is 1. The highest BCUT2D eigenvalue weighted by atomic mass is 35.5. The van der Waals surface area contributed by atoms with Crippen LogP contribution in [0.2, 0.25) is 5.15 Å². The quantitative estimate of drug-likeness (QED) is 0.591. The smallest absolute Gasteiger partial charge is 0.152 e. The van der Waals surface area contributed by atoms with Crippen molar-refractivity contribution in [2.24, 2.45) is 0 Å². The molecule has 14 heavy (non-hydrogen) atoms. The molecule has 0 aliphatic carbocycles. The Hall–Kier alpha value is -2.04. The Labute approximate surface area is 86.1 Å². The van der Waals surface area contributed by atoms with Crippen LogP contribution in [0.25, 0.3) is 0 Å². The maximum atomic E-state index is 8.44. The Bertz CT molecular complexity index is 423. The molecule has 1 heterocycles. The Morgan fingerprint density at radius 3 is 2.79 bits per heavy atom. The first-order chi connectivity index (χ1) is 6.77. The normalized spacial score (nSPS) is 8.21. The molecule has 1 rings (SSSR count). The molecule has 0 saturated heterocycles. The van der Waals surface area contributed by atoms with Gasteiger partial charge in [-0.1, -0.05) is 11.6 Å². The molecule has 1 aromatic heterocycles. The first kappa shape index (κ1) is 10.0. The van der Waals surface area contributed by atoms with Crippen LogP contribution in [0, 0.1) is 22.7 Å². The van der Waals surface area contributed by atoms with Crippen LogP contribution in [-0.4, -0.2) is 4.98 Å². The molecular weight excluding hydrogens is 200 g/mol. The zero-order chi connectivity index (χ0) is 10.4. The fourth-order valence-electron chi connectivity index (χ4n) is 0.733. The number of anilines is 1. The van der Waals surface area contributed by atoms with Crippen LogP contribution >= 0.6 is 11.6 Å². The zero-order valence-corrected chi connectivity index (χ0v) is 7.78. The van der Waals surface area contributed by atoms with Gasteiger partial charge in [-0.25, -0.2) is 4.98 Å². The second kappa shape index (κ2) is 4.86. The number of rotatable bonds is 2. The first-order valence-corrected chi connectivity index (χ1v) is 4.03. The minimum absolute atomic E-state index is 0.0232. The second-order valence-corrected chi connectivity index (χ2v) is 2.63. The zero-order valence-electron chi connectivity index (χ0n) is 7.03. The van der Waals surface area contributed by atoms with Crippen molar-refractivity contribution in [2.45, 2.75) is 0 Å². The van der Waals surface area contributed by atoms with Crippen molar-refractivity contribution < 1.29 is 0 Å². The van der Waals surface area contributed by atoms with Gasteiger partial charge < -0.3 is 5.32 Å². The minimum atomic E-state index is -0.0232. The van der Waals surface area contributed by atoms with Crippen molar-refractivity contribution in [3.63, 3.8) is 0 Å². The predicted molar refractivity (Wildman–Crippen MR) is 52.2 cm³/mol. The molecule has 4 nitrogen and oxygen atoms in total. The summed E-state index contributed by atoms with van der Waals surface area (Å²) in [5.41, 5.74) is 0.530. The molecule has 0 amide bonds. The van der Waals surface area contributed by atoms with Gasteiger partial charge >= 0.3 is 0 Å². The molecule has 0 aromatic carbocycles. The fraction of sp³-hybridized carbons (Fsp3) is 0. The lowest BCUT2D eigenvalue weighted by Crippen LogP contribution is -1.91. The van der Waals surface area contributed by atoms with Gasteiger partial charge in [0.05, 0.1) is 5.69 Å². The van der Waals surface area contributed by atoms with Crippen molar-refractivity contribution in [3.8, 4) is 12.1 Å². The molecule has 0 spiro atoms. The average Bonchev–Trinajstić information content (AvgIpc) is 2.22. The molecule has 68 valence electrons. The maximum absolute atomic E-state index is 8.44.